The molecule has 0 radical (unpaired) electrons. The summed E-state index contributed by atoms with van der Waals surface area (Å²) in [6.45, 7) is 2.17. The van der Waals surface area contributed by atoms with Gasteiger partial charge in [-0.2, -0.15) is 0 Å². The first-order valence-corrected chi connectivity index (χ1v) is 4.35. The predicted molar refractivity (Wildman–Crippen MR) is 47.9 cm³/mol. The first-order valence-electron chi connectivity index (χ1n) is 4.35. The van der Waals surface area contributed by atoms with Crippen molar-refractivity contribution in [1.82, 2.24) is 0 Å². The van der Waals surface area contributed by atoms with Gasteiger partial charge in [-0.25, -0.2) is 0 Å². The lowest BCUT2D eigenvalue weighted by molar-refractivity contribution is -0.0511. The lowest BCUT2D eigenvalue weighted by atomic mass is 10.1. The van der Waals surface area contributed by atoms with Crippen molar-refractivity contribution in [3.05, 3.63) is 24.3 Å². The molecule has 1 saturated heterocycles. The molecule has 0 aliphatic carbocycles. The van der Waals surface area contributed by atoms with Crippen LogP contribution >= 0.6 is 0 Å². The van der Waals surface area contributed by atoms with Gasteiger partial charge in [0.15, 0.2) is 11.5 Å². The number of hydrogen-bond donors (Lipinski definition) is 1. The van der Waals surface area contributed by atoms with E-state index in [0.29, 0.717) is 18.3 Å². The van der Waals surface area contributed by atoms with Crippen LogP contribution in [0.1, 0.15) is 0 Å². The van der Waals surface area contributed by atoms with E-state index in [2.05, 4.69) is 0 Å². The molecule has 0 amide bonds. The highest BCUT2D eigenvalue weighted by molar-refractivity contribution is 5.37. The smallest absolute Gasteiger partial charge is 0.160 e. The fourth-order valence-electron chi connectivity index (χ4n) is 1.17. The SMILES string of the molecule is Oc1ccccc1OCC1COC1. The van der Waals surface area contributed by atoms with Crippen molar-refractivity contribution in [2.24, 2.45) is 5.92 Å². The van der Waals surface area contributed by atoms with Crippen molar-refractivity contribution in [1.29, 1.82) is 0 Å². The van der Waals surface area contributed by atoms with Crippen LogP contribution in [0.15, 0.2) is 24.3 Å². The molecule has 1 heterocycles. The minimum Gasteiger partial charge on any atom is -0.504 e. The van der Waals surface area contributed by atoms with E-state index in [9.17, 15) is 5.11 Å². The van der Waals surface area contributed by atoms with Crippen LogP contribution in [0, 0.1) is 5.92 Å². The van der Waals surface area contributed by atoms with Crippen molar-refractivity contribution in [2.45, 2.75) is 0 Å². The van der Waals surface area contributed by atoms with Gasteiger partial charge in [-0.15, -0.1) is 0 Å². The maximum absolute atomic E-state index is 9.36. The van der Waals surface area contributed by atoms with Gasteiger partial charge in [-0.3, -0.25) is 0 Å². The van der Waals surface area contributed by atoms with Crippen LogP contribution in [-0.2, 0) is 4.74 Å². The average Bonchev–Trinajstić information content (AvgIpc) is 2.05. The largest absolute Gasteiger partial charge is 0.504 e. The number of aromatic hydroxyl groups is 1. The molecule has 3 nitrogen and oxygen atoms in total. The molecule has 1 aromatic carbocycles. The summed E-state index contributed by atoms with van der Waals surface area (Å²) in [5.74, 6) is 1.23. The summed E-state index contributed by atoms with van der Waals surface area (Å²) in [4.78, 5) is 0. The topological polar surface area (TPSA) is 38.7 Å². The zero-order chi connectivity index (χ0) is 9.10. The number of rotatable bonds is 3. The summed E-state index contributed by atoms with van der Waals surface area (Å²) < 4.78 is 10.4. The zero-order valence-corrected chi connectivity index (χ0v) is 7.27. The van der Waals surface area contributed by atoms with Gasteiger partial charge in [0.05, 0.1) is 19.8 Å². The zero-order valence-electron chi connectivity index (χ0n) is 7.27. The Balaban J connectivity index is 1.89. The van der Waals surface area contributed by atoms with E-state index in [1.54, 1.807) is 18.2 Å². The molecule has 1 fully saturated rings. The molecule has 70 valence electrons. The first-order chi connectivity index (χ1) is 6.36. The maximum atomic E-state index is 9.36. The Morgan fingerprint density at radius 2 is 2.15 bits per heavy atom. The highest BCUT2D eigenvalue weighted by Crippen LogP contribution is 2.25. The summed E-state index contributed by atoms with van der Waals surface area (Å²) in [6.07, 6.45) is 0. The van der Waals surface area contributed by atoms with Crippen LogP contribution in [-0.4, -0.2) is 24.9 Å². The Bertz CT molecular complexity index is 281. The molecule has 0 saturated carbocycles. The number of phenolic OH excluding ortho intramolecular Hbond substituents is 1. The van der Waals surface area contributed by atoms with Gasteiger partial charge < -0.3 is 14.6 Å². The Labute approximate surface area is 76.9 Å². The third-order valence-corrected chi connectivity index (χ3v) is 2.05. The molecular formula is C10H12O3. The standard InChI is InChI=1S/C10H12O3/c11-9-3-1-2-4-10(9)13-7-8-5-12-6-8/h1-4,8,11H,5-7H2. The molecule has 0 bridgehead atoms. The third kappa shape index (κ3) is 1.92. The fraction of sp³-hybridized carbons (Fsp3) is 0.400. The first kappa shape index (κ1) is 8.38. The second-order valence-corrected chi connectivity index (χ2v) is 3.18. The van der Waals surface area contributed by atoms with Crippen LogP contribution < -0.4 is 4.74 Å². The molecule has 0 aromatic heterocycles. The molecule has 1 N–H and O–H groups in total. The Morgan fingerprint density at radius 3 is 2.77 bits per heavy atom. The van der Waals surface area contributed by atoms with Gasteiger partial charge in [0.2, 0.25) is 0 Å². The second kappa shape index (κ2) is 3.66. The lowest BCUT2D eigenvalue weighted by Gasteiger charge is -2.25. The maximum Gasteiger partial charge on any atom is 0.160 e. The number of para-hydroxylation sites is 2. The minimum absolute atomic E-state index is 0.197. The summed E-state index contributed by atoms with van der Waals surface area (Å²) in [7, 11) is 0. The molecule has 0 spiro atoms. The second-order valence-electron chi connectivity index (χ2n) is 3.18. The van der Waals surface area contributed by atoms with E-state index in [0.717, 1.165) is 13.2 Å². The highest BCUT2D eigenvalue weighted by atomic mass is 16.5. The molecule has 3 heteroatoms. The summed E-state index contributed by atoms with van der Waals surface area (Å²) in [5.41, 5.74) is 0. The quantitative estimate of drug-likeness (QED) is 0.764. The number of hydrogen-bond acceptors (Lipinski definition) is 3. The van der Waals surface area contributed by atoms with E-state index >= 15 is 0 Å². The Morgan fingerprint density at radius 1 is 1.38 bits per heavy atom. The number of phenols is 1. The molecule has 0 atom stereocenters. The van der Waals surface area contributed by atoms with E-state index in [-0.39, 0.29) is 5.75 Å². The lowest BCUT2D eigenvalue weighted by Crippen LogP contribution is -2.32. The Kier molecular flexibility index (Phi) is 2.36. The summed E-state index contributed by atoms with van der Waals surface area (Å²) in [5, 5.41) is 9.36. The van der Waals surface area contributed by atoms with Crippen molar-refractivity contribution >= 4 is 0 Å². The van der Waals surface area contributed by atoms with E-state index < -0.39 is 0 Å². The van der Waals surface area contributed by atoms with Gasteiger partial charge >= 0.3 is 0 Å². The molecule has 2 rings (SSSR count). The molecule has 1 aliphatic rings. The van der Waals surface area contributed by atoms with Crippen molar-refractivity contribution in [3.8, 4) is 11.5 Å². The number of benzene rings is 1. The van der Waals surface area contributed by atoms with Crippen LogP contribution in [0.5, 0.6) is 11.5 Å². The Hall–Kier alpha value is -1.22. The van der Waals surface area contributed by atoms with E-state index in [1.165, 1.54) is 0 Å². The van der Waals surface area contributed by atoms with Gasteiger partial charge in [0.1, 0.15) is 0 Å². The number of ether oxygens (including phenoxy) is 2. The molecule has 1 aromatic rings. The molecule has 0 unspecified atom stereocenters. The molecule has 13 heavy (non-hydrogen) atoms. The summed E-state index contributed by atoms with van der Waals surface area (Å²) in [6, 6.07) is 6.99. The monoisotopic (exact) mass is 180 g/mol. The van der Waals surface area contributed by atoms with Crippen LogP contribution in [0.25, 0.3) is 0 Å². The fourth-order valence-corrected chi connectivity index (χ4v) is 1.17. The minimum atomic E-state index is 0.197. The molecular weight excluding hydrogens is 168 g/mol. The van der Waals surface area contributed by atoms with Gasteiger partial charge in [-0.1, -0.05) is 12.1 Å². The van der Waals surface area contributed by atoms with Crippen LogP contribution in [0.4, 0.5) is 0 Å². The highest BCUT2D eigenvalue weighted by Gasteiger charge is 2.19. The normalized spacial score (nSPS) is 16.6. The van der Waals surface area contributed by atoms with Gasteiger partial charge in [0, 0.05) is 5.92 Å². The van der Waals surface area contributed by atoms with Gasteiger partial charge in [-0.05, 0) is 12.1 Å². The molecule has 1 aliphatic heterocycles. The van der Waals surface area contributed by atoms with Gasteiger partial charge in [0.25, 0.3) is 0 Å². The van der Waals surface area contributed by atoms with Crippen LogP contribution in [0.3, 0.4) is 0 Å². The summed E-state index contributed by atoms with van der Waals surface area (Å²) >= 11 is 0. The third-order valence-electron chi connectivity index (χ3n) is 2.05. The van der Waals surface area contributed by atoms with E-state index in [1.807, 2.05) is 6.07 Å². The van der Waals surface area contributed by atoms with Crippen molar-refractivity contribution in [2.75, 3.05) is 19.8 Å². The van der Waals surface area contributed by atoms with Crippen molar-refractivity contribution in [3.63, 3.8) is 0 Å². The van der Waals surface area contributed by atoms with Crippen LogP contribution in [0.2, 0.25) is 0 Å². The average molecular weight is 180 g/mol. The predicted octanol–water partition coefficient (Wildman–Crippen LogP) is 1.42. The van der Waals surface area contributed by atoms with Crippen molar-refractivity contribution < 1.29 is 14.6 Å². The van der Waals surface area contributed by atoms with E-state index in [4.69, 9.17) is 9.47 Å².